The summed E-state index contributed by atoms with van der Waals surface area (Å²) in [5, 5.41) is 0. The molecule has 0 N–H and O–H groups in total. The van der Waals surface area contributed by atoms with E-state index >= 15 is 0 Å². The molecule has 0 amide bonds. The molecule has 0 saturated carbocycles. The van der Waals surface area contributed by atoms with Gasteiger partial charge in [-0.05, 0) is 37.2 Å². The van der Waals surface area contributed by atoms with Crippen LogP contribution in [0.3, 0.4) is 0 Å². The minimum Gasteiger partial charge on any atom is -0.367 e. The van der Waals surface area contributed by atoms with E-state index in [9.17, 15) is 4.79 Å². The molecule has 15 heavy (non-hydrogen) atoms. The van der Waals surface area contributed by atoms with E-state index < -0.39 is 5.60 Å². The van der Waals surface area contributed by atoms with Crippen LogP contribution in [0.15, 0.2) is 0 Å². The zero-order valence-corrected chi connectivity index (χ0v) is 10.7. The third kappa shape index (κ3) is 3.49. The van der Waals surface area contributed by atoms with Crippen LogP contribution < -0.4 is 0 Å². The molecular weight excluding hydrogens is 208 g/mol. The molecule has 1 aliphatic rings. The van der Waals surface area contributed by atoms with Gasteiger partial charge in [-0.25, -0.2) is 0 Å². The van der Waals surface area contributed by atoms with Crippen molar-refractivity contribution >= 4 is 17.5 Å². The number of Topliss-reactive ketones (excluding diaryl/α,β-unsaturated/α-hetero) is 1. The smallest absolute Gasteiger partial charge is 0.164 e. The summed E-state index contributed by atoms with van der Waals surface area (Å²) >= 11 is 1.93. The maximum Gasteiger partial charge on any atom is 0.164 e. The van der Waals surface area contributed by atoms with Crippen LogP contribution in [0, 0.1) is 0 Å². The molecule has 0 unspecified atom stereocenters. The molecule has 0 bridgehead atoms. The van der Waals surface area contributed by atoms with Crippen molar-refractivity contribution in [1.29, 1.82) is 0 Å². The van der Waals surface area contributed by atoms with Crippen molar-refractivity contribution in [3.05, 3.63) is 0 Å². The minimum absolute atomic E-state index is 0.332. The van der Waals surface area contributed by atoms with Gasteiger partial charge in [0.15, 0.2) is 5.78 Å². The van der Waals surface area contributed by atoms with E-state index in [1.54, 1.807) is 0 Å². The van der Waals surface area contributed by atoms with Gasteiger partial charge in [-0.15, -0.1) is 0 Å². The average Bonchev–Trinajstić information content (AvgIpc) is 2.28. The molecule has 1 heterocycles. The molecule has 0 aromatic rings. The molecule has 0 spiro atoms. The Hall–Kier alpha value is -0.0200. The van der Waals surface area contributed by atoms with Gasteiger partial charge < -0.3 is 4.74 Å². The number of rotatable bonds is 6. The lowest BCUT2D eigenvalue weighted by atomic mass is 9.89. The predicted molar refractivity (Wildman–Crippen MR) is 65.4 cm³/mol. The number of ether oxygens (including phenoxy) is 1. The number of hydrogen-bond acceptors (Lipinski definition) is 3. The van der Waals surface area contributed by atoms with E-state index in [1.165, 1.54) is 0 Å². The number of thioether (sulfide) groups is 1. The lowest BCUT2D eigenvalue weighted by Crippen LogP contribution is -2.45. The molecule has 0 aliphatic carbocycles. The van der Waals surface area contributed by atoms with Gasteiger partial charge in [-0.2, -0.15) is 11.8 Å². The monoisotopic (exact) mass is 230 g/mol. The van der Waals surface area contributed by atoms with Gasteiger partial charge in [-0.1, -0.05) is 13.8 Å². The highest BCUT2D eigenvalue weighted by Crippen LogP contribution is 2.32. The molecule has 0 atom stereocenters. The zero-order chi connectivity index (χ0) is 11.1. The van der Waals surface area contributed by atoms with Crippen molar-refractivity contribution in [3.8, 4) is 0 Å². The molecule has 2 nitrogen and oxygen atoms in total. The van der Waals surface area contributed by atoms with E-state index in [0.717, 1.165) is 43.8 Å². The fourth-order valence-corrected chi connectivity index (χ4v) is 3.11. The Balaban J connectivity index is 2.61. The molecule has 0 aromatic heterocycles. The van der Waals surface area contributed by atoms with Crippen molar-refractivity contribution in [2.24, 2.45) is 0 Å². The van der Waals surface area contributed by atoms with Gasteiger partial charge in [0, 0.05) is 13.0 Å². The normalized spacial score (nSPS) is 20.1. The molecule has 1 fully saturated rings. The molecule has 3 heteroatoms. The van der Waals surface area contributed by atoms with Crippen LogP contribution in [0.1, 0.15) is 46.0 Å². The number of ketones is 1. The molecule has 0 radical (unpaired) electrons. The fourth-order valence-electron chi connectivity index (χ4n) is 1.96. The van der Waals surface area contributed by atoms with Gasteiger partial charge in [0.1, 0.15) is 5.60 Å². The lowest BCUT2D eigenvalue weighted by Gasteiger charge is -2.35. The standard InChI is InChI=1S/C12H22O2S/c1-3-5-11(13)12(14-8-4-2)6-9-15-10-7-12/h3-10H2,1-2H3. The minimum atomic E-state index is -0.419. The van der Waals surface area contributed by atoms with Crippen LogP contribution >= 0.6 is 11.8 Å². The maximum atomic E-state index is 12.1. The summed E-state index contributed by atoms with van der Waals surface area (Å²) in [6.07, 6.45) is 4.43. The van der Waals surface area contributed by atoms with Crippen molar-refractivity contribution in [2.45, 2.75) is 51.6 Å². The van der Waals surface area contributed by atoms with E-state index in [0.29, 0.717) is 12.2 Å². The summed E-state index contributed by atoms with van der Waals surface area (Å²) in [7, 11) is 0. The van der Waals surface area contributed by atoms with E-state index in [4.69, 9.17) is 4.74 Å². The first-order valence-corrected chi connectivity index (χ1v) is 7.15. The Morgan fingerprint density at radius 3 is 2.47 bits per heavy atom. The van der Waals surface area contributed by atoms with Gasteiger partial charge in [0.05, 0.1) is 0 Å². The first-order chi connectivity index (χ1) is 7.25. The van der Waals surface area contributed by atoms with Gasteiger partial charge in [0.2, 0.25) is 0 Å². The van der Waals surface area contributed by atoms with Crippen molar-refractivity contribution in [1.82, 2.24) is 0 Å². The largest absolute Gasteiger partial charge is 0.367 e. The number of hydrogen-bond donors (Lipinski definition) is 0. The maximum absolute atomic E-state index is 12.1. The Morgan fingerprint density at radius 1 is 1.27 bits per heavy atom. The first-order valence-electron chi connectivity index (χ1n) is 6.00. The summed E-state index contributed by atoms with van der Waals surface area (Å²) in [5.41, 5.74) is -0.419. The predicted octanol–water partition coefficient (Wildman–Crippen LogP) is 3.05. The summed E-state index contributed by atoms with van der Waals surface area (Å²) in [4.78, 5) is 12.1. The van der Waals surface area contributed by atoms with E-state index in [2.05, 4.69) is 13.8 Å². The van der Waals surface area contributed by atoms with Gasteiger partial charge >= 0.3 is 0 Å². The lowest BCUT2D eigenvalue weighted by molar-refractivity contribution is -0.146. The molecule has 1 aliphatic heterocycles. The van der Waals surface area contributed by atoms with E-state index in [1.807, 2.05) is 11.8 Å². The van der Waals surface area contributed by atoms with Crippen LogP contribution in [0.5, 0.6) is 0 Å². The summed E-state index contributed by atoms with van der Waals surface area (Å²) in [6.45, 7) is 4.87. The zero-order valence-electron chi connectivity index (χ0n) is 9.88. The molecule has 1 saturated heterocycles. The highest BCUT2D eigenvalue weighted by atomic mass is 32.2. The summed E-state index contributed by atoms with van der Waals surface area (Å²) in [5.74, 6) is 2.47. The number of carbonyl (C=O) groups excluding carboxylic acids is 1. The van der Waals surface area contributed by atoms with Crippen LogP contribution in [0.2, 0.25) is 0 Å². The quantitative estimate of drug-likeness (QED) is 0.701. The van der Waals surface area contributed by atoms with Crippen molar-refractivity contribution in [2.75, 3.05) is 18.1 Å². The number of carbonyl (C=O) groups is 1. The topological polar surface area (TPSA) is 26.3 Å². The SMILES string of the molecule is CCCOC1(C(=O)CCC)CCSCC1. The Bertz CT molecular complexity index is 198. The van der Waals surface area contributed by atoms with Crippen LogP contribution in [-0.2, 0) is 9.53 Å². The molecule has 0 aromatic carbocycles. The Kier molecular flexibility index (Phi) is 5.69. The van der Waals surface area contributed by atoms with Crippen molar-refractivity contribution < 1.29 is 9.53 Å². The van der Waals surface area contributed by atoms with Gasteiger partial charge in [0.25, 0.3) is 0 Å². The summed E-state index contributed by atoms with van der Waals surface area (Å²) in [6, 6.07) is 0. The fraction of sp³-hybridized carbons (Fsp3) is 0.917. The van der Waals surface area contributed by atoms with Crippen molar-refractivity contribution in [3.63, 3.8) is 0 Å². The summed E-state index contributed by atoms with van der Waals surface area (Å²) < 4.78 is 5.87. The molecule has 1 rings (SSSR count). The molecule has 88 valence electrons. The van der Waals surface area contributed by atoms with Crippen LogP contribution in [-0.4, -0.2) is 29.5 Å². The van der Waals surface area contributed by atoms with Crippen LogP contribution in [0.4, 0.5) is 0 Å². The molecular formula is C12H22O2S. The van der Waals surface area contributed by atoms with Crippen LogP contribution in [0.25, 0.3) is 0 Å². The average molecular weight is 230 g/mol. The third-order valence-electron chi connectivity index (χ3n) is 2.87. The van der Waals surface area contributed by atoms with E-state index in [-0.39, 0.29) is 0 Å². The second-order valence-electron chi connectivity index (χ2n) is 4.13. The second-order valence-corrected chi connectivity index (χ2v) is 5.35. The first kappa shape index (κ1) is 13.0. The second kappa shape index (κ2) is 6.54. The van der Waals surface area contributed by atoms with Gasteiger partial charge in [-0.3, -0.25) is 4.79 Å². The highest BCUT2D eigenvalue weighted by Gasteiger charge is 2.39. The Labute approximate surface area is 97.1 Å². The Morgan fingerprint density at radius 2 is 1.93 bits per heavy atom. The highest BCUT2D eigenvalue weighted by molar-refractivity contribution is 7.99. The third-order valence-corrected chi connectivity index (χ3v) is 3.85.